The van der Waals surface area contributed by atoms with Gasteiger partial charge in [0.15, 0.2) is 5.78 Å². The molecule has 1 rings (SSSR count). The molecule has 0 aliphatic heterocycles. The van der Waals surface area contributed by atoms with E-state index in [9.17, 15) is 4.79 Å². The second kappa shape index (κ2) is 2.64. The van der Waals surface area contributed by atoms with E-state index >= 15 is 0 Å². The Labute approximate surface area is 59.4 Å². The lowest BCUT2D eigenvalue weighted by atomic mass is 10.2. The number of nitrogens with one attached hydrogen (secondary N) is 1. The highest BCUT2D eigenvalue weighted by atomic mass is 16.1. The molecule has 3 nitrogen and oxygen atoms in total. The smallest absolute Gasteiger partial charge is 0.179 e. The Bertz CT molecular complexity index is 240. The minimum atomic E-state index is 0.0101. The van der Waals surface area contributed by atoms with Crippen molar-refractivity contribution in [2.75, 3.05) is 0 Å². The molecule has 0 aliphatic rings. The summed E-state index contributed by atoms with van der Waals surface area (Å²) >= 11 is 0. The molecule has 1 aromatic rings. The maximum atomic E-state index is 10.7. The van der Waals surface area contributed by atoms with Gasteiger partial charge in [0.2, 0.25) is 0 Å². The number of carbonyl (C=O) groups is 1. The van der Waals surface area contributed by atoms with Crippen LogP contribution in [0.2, 0.25) is 0 Å². The maximum absolute atomic E-state index is 10.7. The second-order valence-corrected chi connectivity index (χ2v) is 2.19. The van der Waals surface area contributed by atoms with E-state index < -0.39 is 0 Å². The summed E-state index contributed by atoms with van der Waals surface area (Å²) in [6, 6.07) is 1.78. The van der Waals surface area contributed by atoms with Crippen LogP contribution < -0.4 is 0 Å². The molecule has 0 aliphatic carbocycles. The highest BCUT2D eigenvalue weighted by Crippen LogP contribution is 1.99. The molecular weight excluding hydrogens is 128 g/mol. The standard InChI is InChI=1S/C7H10N2O/c1-3-6-4-7(5(2)10)9-8-6/h4H,3H2,1-2H3,(H,8,9). The lowest BCUT2D eigenvalue weighted by Crippen LogP contribution is -1.90. The van der Waals surface area contributed by atoms with Crippen LogP contribution in [0, 0.1) is 0 Å². The van der Waals surface area contributed by atoms with E-state index in [0.29, 0.717) is 5.69 Å². The molecule has 0 aromatic carbocycles. The van der Waals surface area contributed by atoms with Crippen LogP contribution in [0.1, 0.15) is 30.0 Å². The Hall–Kier alpha value is -1.12. The number of aromatic amines is 1. The van der Waals surface area contributed by atoms with Crippen molar-refractivity contribution in [1.29, 1.82) is 0 Å². The second-order valence-electron chi connectivity index (χ2n) is 2.19. The molecular formula is C7H10N2O. The Morgan fingerprint density at radius 3 is 2.80 bits per heavy atom. The van der Waals surface area contributed by atoms with Crippen LogP contribution in [0.15, 0.2) is 6.07 Å². The van der Waals surface area contributed by atoms with Crippen molar-refractivity contribution < 1.29 is 4.79 Å². The van der Waals surface area contributed by atoms with Crippen LogP contribution in [0.5, 0.6) is 0 Å². The topological polar surface area (TPSA) is 45.8 Å². The summed E-state index contributed by atoms with van der Waals surface area (Å²) in [5.74, 6) is 0.0101. The molecule has 0 radical (unpaired) electrons. The van der Waals surface area contributed by atoms with E-state index in [1.54, 1.807) is 6.07 Å². The number of hydrogen-bond acceptors (Lipinski definition) is 2. The zero-order valence-electron chi connectivity index (χ0n) is 6.14. The quantitative estimate of drug-likeness (QED) is 0.623. The molecule has 1 heterocycles. The van der Waals surface area contributed by atoms with E-state index in [4.69, 9.17) is 0 Å². The number of carbonyl (C=O) groups excluding carboxylic acids is 1. The maximum Gasteiger partial charge on any atom is 0.179 e. The third-order valence-corrected chi connectivity index (χ3v) is 1.37. The van der Waals surface area contributed by atoms with Gasteiger partial charge < -0.3 is 0 Å². The molecule has 1 aromatic heterocycles. The van der Waals surface area contributed by atoms with E-state index in [1.807, 2.05) is 6.92 Å². The van der Waals surface area contributed by atoms with E-state index in [1.165, 1.54) is 6.92 Å². The van der Waals surface area contributed by atoms with Gasteiger partial charge >= 0.3 is 0 Å². The SMILES string of the molecule is CCc1cc(C(C)=O)n[nH]1. The average Bonchev–Trinajstić information content (AvgIpc) is 2.34. The summed E-state index contributed by atoms with van der Waals surface area (Å²) < 4.78 is 0. The first kappa shape index (κ1) is 6.99. The third-order valence-electron chi connectivity index (χ3n) is 1.37. The molecule has 0 bridgehead atoms. The van der Waals surface area contributed by atoms with Gasteiger partial charge in [0.25, 0.3) is 0 Å². The number of nitrogens with zero attached hydrogens (tertiary/aromatic N) is 1. The van der Waals surface area contributed by atoms with Crippen molar-refractivity contribution in [3.05, 3.63) is 17.5 Å². The van der Waals surface area contributed by atoms with Crippen LogP contribution >= 0.6 is 0 Å². The monoisotopic (exact) mass is 138 g/mol. The van der Waals surface area contributed by atoms with Crippen molar-refractivity contribution >= 4 is 5.78 Å². The van der Waals surface area contributed by atoms with Crippen molar-refractivity contribution in [3.8, 4) is 0 Å². The van der Waals surface area contributed by atoms with Gasteiger partial charge in [-0.25, -0.2) is 0 Å². The van der Waals surface area contributed by atoms with Gasteiger partial charge in [-0.1, -0.05) is 6.92 Å². The number of H-pyrrole nitrogens is 1. The molecule has 0 saturated carbocycles. The zero-order valence-corrected chi connectivity index (χ0v) is 6.14. The number of aryl methyl sites for hydroxylation is 1. The molecule has 10 heavy (non-hydrogen) atoms. The van der Waals surface area contributed by atoms with Crippen molar-refractivity contribution in [3.63, 3.8) is 0 Å². The van der Waals surface area contributed by atoms with Crippen LogP contribution in [-0.2, 0) is 6.42 Å². The molecule has 0 amide bonds. The first-order chi connectivity index (χ1) is 4.74. The summed E-state index contributed by atoms with van der Waals surface area (Å²) in [6.45, 7) is 3.52. The van der Waals surface area contributed by atoms with Crippen LogP contribution in [-0.4, -0.2) is 16.0 Å². The number of Topliss-reactive ketones (excluding diaryl/α,β-unsaturated/α-hetero) is 1. The highest BCUT2D eigenvalue weighted by Gasteiger charge is 2.02. The van der Waals surface area contributed by atoms with E-state index in [-0.39, 0.29) is 5.78 Å². The zero-order chi connectivity index (χ0) is 7.56. The van der Waals surface area contributed by atoms with Gasteiger partial charge in [0.1, 0.15) is 5.69 Å². The number of hydrogen-bond donors (Lipinski definition) is 1. The Kier molecular flexibility index (Phi) is 1.85. The van der Waals surface area contributed by atoms with Gasteiger partial charge in [0.05, 0.1) is 0 Å². The fourth-order valence-electron chi connectivity index (χ4n) is 0.723. The van der Waals surface area contributed by atoms with E-state index in [2.05, 4.69) is 10.2 Å². The Balaban J connectivity index is 2.88. The Morgan fingerprint density at radius 2 is 2.50 bits per heavy atom. The van der Waals surface area contributed by atoms with Crippen LogP contribution in [0.3, 0.4) is 0 Å². The summed E-state index contributed by atoms with van der Waals surface area (Å²) in [5.41, 5.74) is 1.53. The number of rotatable bonds is 2. The molecule has 3 heteroatoms. The lowest BCUT2D eigenvalue weighted by molar-refractivity contribution is 0.101. The van der Waals surface area contributed by atoms with Gasteiger partial charge in [0, 0.05) is 12.6 Å². The van der Waals surface area contributed by atoms with Gasteiger partial charge in [-0.15, -0.1) is 0 Å². The Morgan fingerprint density at radius 1 is 1.80 bits per heavy atom. The fourth-order valence-corrected chi connectivity index (χ4v) is 0.723. The van der Waals surface area contributed by atoms with E-state index in [0.717, 1.165) is 12.1 Å². The summed E-state index contributed by atoms with van der Waals surface area (Å²) in [5, 5.41) is 6.58. The molecule has 0 unspecified atom stereocenters. The molecule has 1 N–H and O–H groups in total. The third kappa shape index (κ3) is 1.23. The fraction of sp³-hybridized carbons (Fsp3) is 0.429. The van der Waals surface area contributed by atoms with Gasteiger partial charge in [-0.2, -0.15) is 5.10 Å². The van der Waals surface area contributed by atoms with Crippen LogP contribution in [0.25, 0.3) is 0 Å². The molecule has 0 atom stereocenters. The minimum Gasteiger partial charge on any atom is -0.293 e. The number of aromatic nitrogens is 2. The molecule has 0 fully saturated rings. The van der Waals surface area contributed by atoms with Gasteiger partial charge in [-0.05, 0) is 12.5 Å². The van der Waals surface area contributed by atoms with Crippen molar-refractivity contribution in [2.24, 2.45) is 0 Å². The summed E-state index contributed by atoms with van der Waals surface area (Å²) in [6.07, 6.45) is 0.889. The van der Waals surface area contributed by atoms with Crippen molar-refractivity contribution in [1.82, 2.24) is 10.2 Å². The predicted molar refractivity (Wildman–Crippen MR) is 38.0 cm³/mol. The lowest BCUT2D eigenvalue weighted by Gasteiger charge is -1.81. The highest BCUT2D eigenvalue weighted by molar-refractivity contribution is 5.92. The first-order valence-corrected chi connectivity index (χ1v) is 3.29. The number of ketones is 1. The molecule has 0 saturated heterocycles. The first-order valence-electron chi connectivity index (χ1n) is 3.29. The normalized spacial score (nSPS) is 9.80. The largest absolute Gasteiger partial charge is 0.293 e. The molecule has 54 valence electrons. The molecule has 0 spiro atoms. The van der Waals surface area contributed by atoms with Crippen molar-refractivity contribution in [2.45, 2.75) is 20.3 Å². The summed E-state index contributed by atoms with van der Waals surface area (Å²) in [7, 11) is 0. The van der Waals surface area contributed by atoms with Gasteiger partial charge in [-0.3, -0.25) is 9.89 Å². The minimum absolute atomic E-state index is 0.0101. The summed E-state index contributed by atoms with van der Waals surface area (Å²) in [4.78, 5) is 10.7. The predicted octanol–water partition coefficient (Wildman–Crippen LogP) is 1.17. The van der Waals surface area contributed by atoms with Crippen LogP contribution in [0.4, 0.5) is 0 Å². The average molecular weight is 138 g/mol.